The van der Waals surface area contributed by atoms with Gasteiger partial charge in [-0.15, -0.1) is 0 Å². The van der Waals surface area contributed by atoms with E-state index < -0.39 is 17.6 Å². The van der Waals surface area contributed by atoms with Gasteiger partial charge in [-0.05, 0) is 11.6 Å². The fourth-order valence-corrected chi connectivity index (χ4v) is 1.89. The van der Waals surface area contributed by atoms with Crippen molar-refractivity contribution in [3.63, 3.8) is 0 Å². The van der Waals surface area contributed by atoms with E-state index in [0.717, 1.165) is 12.1 Å². The molecule has 0 atom stereocenters. The number of carbonyl (C=O) groups is 1. The van der Waals surface area contributed by atoms with Crippen molar-refractivity contribution >= 4 is 11.7 Å². The van der Waals surface area contributed by atoms with E-state index in [0.29, 0.717) is 0 Å². The third kappa shape index (κ3) is 3.44. The third-order valence-corrected chi connectivity index (χ3v) is 2.94. The smallest absolute Gasteiger partial charge is 0.310 e. The molecule has 0 radical (unpaired) electrons. The minimum atomic E-state index is -4.46. The van der Waals surface area contributed by atoms with Gasteiger partial charge in [0.2, 0.25) is 5.91 Å². The van der Waals surface area contributed by atoms with E-state index in [1.165, 1.54) is 23.0 Å². The van der Waals surface area contributed by atoms with Gasteiger partial charge >= 0.3 is 6.18 Å². The molecule has 0 unspecified atom stereocenters. The van der Waals surface area contributed by atoms with Crippen molar-refractivity contribution in [2.24, 2.45) is 7.05 Å². The molecule has 0 aliphatic heterocycles. The standard InChI is InChI=1S/C14H11F3N4O/c1-21-13(10(7-18)8-19-21)20-12(22)6-9-3-2-4-11(5-9)14(15,16)17/h2-5,8H,6H2,1H3,(H,20,22). The predicted molar refractivity (Wildman–Crippen MR) is 71.7 cm³/mol. The van der Waals surface area contributed by atoms with Crippen LogP contribution in [0.4, 0.5) is 19.0 Å². The number of hydrogen-bond acceptors (Lipinski definition) is 3. The molecule has 1 heterocycles. The molecule has 22 heavy (non-hydrogen) atoms. The van der Waals surface area contributed by atoms with Crippen LogP contribution in [-0.4, -0.2) is 15.7 Å². The number of nitrogens with zero attached hydrogens (tertiary/aromatic N) is 3. The van der Waals surface area contributed by atoms with E-state index in [1.807, 2.05) is 6.07 Å². The van der Waals surface area contributed by atoms with Crippen LogP contribution >= 0.6 is 0 Å². The average Bonchev–Trinajstić information content (AvgIpc) is 2.79. The maximum atomic E-state index is 12.6. The summed E-state index contributed by atoms with van der Waals surface area (Å²) in [6, 6.07) is 6.41. The van der Waals surface area contributed by atoms with E-state index >= 15 is 0 Å². The summed E-state index contributed by atoms with van der Waals surface area (Å²) in [6.07, 6.45) is -3.40. The molecule has 2 aromatic rings. The van der Waals surface area contributed by atoms with Crippen molar-refractivity contribution in [3.8, 4) is 6.07 Å². The number of halogens is 3. The Kier molecular flexibility index (Phi) is 4.17. The number of anilines is 1. The zero-order chi connectivity index (χ0) is 16.3. The van der Waals surface area contributed by atoms with Crippen LogP contribution in [-0.2, 0) is 24.4 Å². The number of hydrogen-bond donors (Lipinski definition) is 1. The highest BCUT2D eigenvalue weighted by Gasteiger charge is 2.30. The van der Waals surface area contributed by atoms with Gasteiger partial charge < -0.3 is 5.32 Å². The summed E-state index contributed by atoms with van der Waals surface area (Å²) in [5.41, 5.74) is -0.399. The predicted octanol–water partition coefficient (Wildman–Crippen LogP) is 2.49. The summed E-state index contributed by atoms with van der Waals surface area (Å²) < 4.78 is 39.1. The van der Waals surface area contributed by atoms with Crippen LogP contribution in [0.2, 0.25) is 0 Å². The number of amides is 1. The monoisotopic (exact) mass is 308 g/mol. The van der Waals surface area contributed by atoms with E-state index in [9.17, 15) is 18.0 Å². The molecule has 8 heteroatoms. The second kappa shape index (κ2) is 5.89. The third-order valence-electron chi connectivity index (χ3n) is 2.94. The molecule has 0 spiro atoms. The zero-order valence-electron chi connectivity index (χ0n) is 11.5. The highest BCUT2D eigenvalue weighted by Crippen LogP contribution is 2.29. The Morgan fingerprint density at radius 1 is 1.45 bits per heavy atom. The van der Waals surface area contributed by atoms with Crippen LogP contribution in [0, 0.1) is 11.3 Å². The Labute approximate surface area is 124 Å². The molecule has 1 aromatic carbocycles. The van der Waals surface area contributed by atoms with Crippen LogP contribution < -0.4 is 5.32 Å². The quantitative estimate of drug-likeness (QED) is 0.947. The Hall–Kier alpha value is -2.82. The maximum Gasteiger partial charge on any atom is 0.416 e. The van der Waals surface area contributed by atoms with Gasteiger partial charge in [-0.3, -0.25) is 9.48 Å². The maximum absolute atomic E-state index is 12.6. The van der Waals surface area contributed by atoms with E-state index in [1.54, 1.807) is 7.05 Å². The minimum Gasteiger partial charge on any atom is -0.310 e. The number of benzene rings is 1. The summed E-state index contributed by atoms with van der Waals surface area (Å²) in [4.78, 5) is 11.9. The summed E-state index contributed by atoms with van der Waals surface area (Å²) in [6.45, 7) is 0. The molecular weight excluding hydrogens is 297 g/mol. The Bertz CT molecular complexity index is 743. The molecule has 0 saturated carbocycles. The lowest BCUT2D eigenvalue weighted by Crippen LogP contribution is -2.18. The van der Waals surface area contributed by atoms with Gasteiger partial charge in [0.15, 0.2) is 0 Å². The number of nitrogens with one attached hydrogen (secondary N) is 1. The van der Waals surface area contributed by atoms with Crippen LogP contribution in [0.15, 0.2) is 30.5 Å². The van der Waals surface area contributed by atoms with Crippen molar-refractivity contribution < 1.29 is 18.0 Å². The summed E-state index contributed by atoms with van der Waals surface area (Å²) in [7, 11) is 1.54. The lowest BCUT2D eigenvalue weighted by Gasteiger charge is -2.09. The van der Waals surface area contributed by atoms with Gasteiger partial charge in [0.1, 0.15) is 17.5 Å². The summed E-state index contributed by atoms with van der Waals surface area (Å²) >= 11 is 0. The SMILES string of the molecule is Cn1ncc(C#N)c1NC(=O)Cc1cccc(C(F)(F)F)c1. The molecule has 114 valence electrons. The first-order valence-corrected chi connectivity index (χ1v) is 6.19. The largest absolute Gasteiger partial charge is 0.416 e. The van der Waals surface area contributed by atoms with E-state index in [4.69, 9.17) is 5.26 Å². The van der Waals surface area contributed by atoms with Crippen LogP contribution in [0.1, 0.15) is 16.7 Å². The van der Waals surface area contributed by atoms with Crippen LogP contribution in [0.3, 0.4) is 0 Å². The first kappa shape index (κ1) is 15.6. The van der Waals surface area contributed by atoms with Crippen molar-refractivity contribution in [2.75, 3.05) is 5.32 Å². The first-order valence-electron chi connectivity index (χ1n) is 6.19. The van der Waals surface area contributed by atoms with Gasteiger partial charge in [0, 0.05) is 7.05 Å². The van der Waals surface area contributed by atoms with Crippen molar-refractivity contribution in [2.45, 2.75) is 12.6 Å². The molecule has 0 bridgehead atoms. The number of carbonyl (C=O) groups excluding carboxylic acids is 1. The highest BCUT2D eigenvalue weighted by molar-refractivity contribution is 5.92. The normalized spacial score (nSPS) is 11.0. The number of rotatable bonds is 3. The lowest BCUT2D eigenvalue weighted by molar-refractivity contribution is -0.137. The fourth-order valence-electron chi connectivity index (χ4n) is 1.89. The zero-order valence-corrected chi connectivity index (χ0v) is 11.5. The number of aryl methyl sites for hydroxylation is 1. The van der Waals surface area contributed by atoms with Crippen LogP contribution in [0.5, 0.6) is 0 Å². The van der Waals surface area contributed by atoms with Gasteiger partial charge in [0.25, 0.3) is 0 Å². The fraction of sp³-hybridized carbons (Fsp3) is 0.214. The molecule has 2 rings (SSSR count). The Morgan fingerprint density at radius 2 is 2.18 bits per heavy atom. The molecule has 0 saturated heterocycles. The number of alkyl halides is 3. The number of aromatic nitrogens is 2. The average molecular weight is 308 g/mol. The molecule has 1 aromatic heterocycles. The van der Waals surface area contributed by atoms with Gasteiger partial charge in [0.05, 0.1) is 18.2 Å². The summed E-state index contributed by atoms with van der Waals surface area (Å²) in [5, 5.41) is 15.2. The van der Waals surface area contributed by atoms with E-state index in [-0.39, 0.29) is 23.4 Å². The molecule has 1 amide bonds. The van der Waals surface area contributed by atoms with Crippen molar-refractivity contribution in [1.82, 2.24) is 9.78 Å². The van der Waals surface area contributed by atoms with Crippen molar-refractivity contribution in [1.29, 1.82) is 5.26 Å². The molecule has 1 N–H and O–H groups in total. The Balaban J connectivity index is 2.13. The van der Waals surface area contributed by atoms with Gasteiger partial charge in [-0.1, -0.05) is 18.2 Å². The molecular formula is C14H11F3N4O. The molecule has 5 nitrogen and oxygen atoms in total. The molecule has 0 fully saturated rings. The minimum absolute atomic E-state index is 0.180. The highest BCUT2D eigenvalue weighted by atomic mass is 19.4. The van der Waals surface area contributed by atoms with Crippen molar-refractivity contribution in [3.05, 3.63) is 47.2 Å². The first-order chi connectivity index (χ1) is 10.3. The van der Waals surface area contributed by atoms with Gasteiger partial charge in [-0.2, -0.15) is 23.5 Å². The van der Waals surface area contributed by atoms with Gasteiger partial charge in [-0.25, -0.2) is 0 Å². The molecule has 0 aliphatic carbocycles. The number of nitriles is 1. The topological polar surface area (TPSA) is 70.7 Å². The second-order valence-electron chi connectivity index (χ2n) is 4.57. The Morgan fingerprint density at radius 3 is 2.82 bits per heavy atom. The second-order valence-corrected chi connectivity index (χ2v) is 4.57. The lowest BCUT2D eigenvalue weighted by atomic mass is 10.1. The van der Waals surface area contributed by atoms with E-state index in [2.05, 4.69) is 10.4 Å². The molecule has 0 aliphatic rings. The van der Waals surface area contributed by atoms with Crippen LogP contribution in [0.25, 0.3) is 0 Å². The summed E-state index contributed by atoms with van der Waals surface area (Å²) in [5.74, 6) is -0.320.